The van der Waals surface area contributed by atoms with Crippen LogP contribution in [0.3, 0.4) is 0 Å². The van der Waals surface area contributed by atoms with Gasteiger partial charge in [0.2, 0.25) is 5.91 Å². The number of para-hydroxylation sites is 1. The zero-order valence-electron chi connectivity index (χ0n) is 20.3. The Morgan fingerprint density at radius 1 is 1.21 bits per heavy atom. The first-order chi connectivity index (χ1) is 16.5. The lowest BCUT2D eigenvalue weighted by molar-refractivity contribution is -0.131. The molecule has 0 radical (unpaired) electrons. The summed E-state index contributed by atoms with van der Waals surface area (Å²) in [5.41, 5.74) is 5.76. The third-order valence-corrected chi connectivity index (χ3v) is 8.44. The molecule has 1 atom stereocenters. The van der Waals surface area contributed by atoms with Gasteiger partial charge >= 0.3 is 0 Å². The monoisotopic (exact) mass is 456 g/mol. The molecule has 5 rings (SSSR count). The molecule has 178 valence electrons. The van der Waals surface area contributed by atoms with Crippen LogP contribution in [0.4, 0.5) is 11.4 Å². The quantitative estimate of drug-likeness (QED) is 0.623. The zero-order valence-corrected chi connectivity index (χ0v) is 20.3. The molecular formula is C29H36N4O. The summed E-state index contributed by atoms with van der Waals surface area (Å²) in [5.74, 6) is 0.889. The molecule has 5 nitrogen and oxygen atoms in total. The number of hydrogen-bond acceptors (Lipinski definition) is 4. The number of fused-ring (bicyclic) bond motifs is 1. The van der Waals surface area contributed by atoms with Gasteiger partial charge in [-0.25, -0.2) is 0 Å². The van der Waals surface area contributed by atoms with Crippen LogP contribution < -0.4 is 10.6 Å². The van der Waals surface area contributed by atoms with E-state index in [2.05, 4.69) is 51.9 Å². The molecular weight excluding hydrogens is 420 g/mol. The molecule has 1 saturated carbocycles. The van der Waals surface area contributed by atoms with E-state index in [0.717, 1.165) is 68.6 Å². The molecule has 2 aliphatic heterocycles. The van der Waals surface area contributed by atoms with Crippen molar-refractivity contribution in [1.29, 1.82) is 5.26 Å². The lowest BCUT2D eigenvalue weighted by Gasteiger charge is -2.38. The number of rotatable bonds is 5. The van der Waals surface area contributed by atoms with Gasteiger partial charge in [0, 0.05) is 43.5 Å². The van der Waals surface area contributed by atoms with E-state index < -0.39 is 0 Å². The maximum absolute atomic E-state index is 13.0. The summed E-state index contributed by atoms with van der Waals surface area (Å²) < 4.78 is 0. The predicted molar refractivity (Wildman–Crippen MR) is 137 cm³/mol. The SMILES string of the molecule is Cc1ccc(NC2CCC3(CC2)CCN(C(=O)CCC2CNc4ccccc4C2)C3)cc1C#N. The molecule has 2 N–H and O–H groups in total. The van der Waals surface area contributed by atoms with Crippen LogP contribution in [0.5, 0.6) is 0 Å². The van der Waals surface area contributed by atoms with Gasteiger partial charge in [0.25, 0.3) is 0 Å². The fraction of sp³-hybridized carbons (Fsp3) is 0.517. The van der Waals surface area contributed by atoms with E-state index in [4.69, 9.17) is 0 Å². The number of likely N-dealkylation sites (tertiary alicyclic amines) is 1. The van der Waals surface area contributed by atoms with Gasteiger partial charge < -0.3 is 15.5 Å². The number of aryl methyl sites for hydroxylation is 1. The lowest BCUT2D eigenvalue weighted by atomic mass is 9.72. The van der Waals surface area contributed by atoms with E-state index in [1.54, 1.807) is 0 Å². The summed E-state index contributed by atoms with van der Waals surface area (Å²) in [5, 5.41) is 16.5. The van der Waals surface area contributed by atoms with Crippen molar-refractivity contribution >= 4 is 17.3 Å². The minimum Gasteiger partial charge on any atom is -0.385 e. The Kier molecular flexibility index (Phi) is 6.50. The Hall–Kier alpha value is -3.00. The van der Waals surface area contributed by atoms with Crippen LogP contribution in [0.2, 0.25) is 0 Å². The number of nitrogens with zero attached hydrogens (tertiary/aromatic N) is 2. The Labute approximate surface area is 203 Å². The van der Waals surface area contributed by atoms with Crippen LogP contribution in [0.25, 0.3) is 0 Å². The molecule has 1 unspecified atom stereocenters. The number of nitrogens with one attached hydrogen (secondary N) is 2. The van der Waals surface area contributed by atoms with Gasteiger partial charge in [-0.3, -0.25) is 4.79 Å². The summed E-state index contributed by atoms with van der Waals surface area (Å²) in [6, 6.07) is 17.3. The van der Waals surface area contributed by atoms with E-state index in [1.807, 2.05) is 19.1 Å². The second-order valence-corrected chi connectivity index (χ2v) is 10.8. The van der Waals surface area contributed by atoms with Gasteiger partial charge in [-0.2, -0.15) is 5.26 Å². The number of amides is 1. The predicted octanol–water partition coefficient (Wildman–Crippen LogP) is 5.50. The van der Waals surface area contributed by atoms with E-state index in [9.17, 15) is 10.1 Å². The fourth-order valence-corrected chi connectivity index (χ4v) is 6.20. The molecule has 0 bridgehead atoms. The van der Waals surface area contributed by atoms with Gasteiger partial charge in [0.05, 0.1) is 11.6 Å². The molecule has 1 spiro atoms. The highest BCUT2D eigenvalue weighted by Gasteiger charge is 2.42. The topological polar surface area (TPSA) is 68.2 Å². The minimum absolute atomic E-state index is 0.310. The van der Waals surface area contributed by atoms with Gasteiger partial charge in [0.1, 0.15) is 0 Å². The molecule has 2 heterocycles. The molecule has 2 aromatic rings. The summed E-state index contributed by atoms with van der Waals surface area (Å²) in [6.45, 7) is 4.81. The van der Waals surface area contributed by atoms with Crippen molar-refractivity contribution < 1.29 is 4.79 Å². The number of benzene rings is 2. The fourth-order valence-electron chi connectivity index (χ4n) is 6.20. The Bertz CT molecular complexity index is 1080. The molecule has 1 amide bonds. The van der Waals surface area contributed by atoms with Gasteiger partial charge in [-0.1, -0.05) is 24.3 Å². The van der Waals surface area contributed by atoms with Crippen molar-refractivity contribution in [3.8, 4) is 6.07 Å². The van der Waals surface area contributed by atoms with Crippen LogP contribution in [0.1, 0.15) is 61.6 Å². The first kappa shape index (κ1) is 22.8. The third kappa shape index (κ3) is 4.92. The molecule has 1 saturated heterocycles. The Balaban J connectivity index is 1.08. The first-order valence-corrected chi connectivity index (χ1v) is 12.9. The number of carbonyl (C=O) groups is 1. The maximum Gasteiger partial charge on any atom is 0.222 e. The van der Waals surface area contributed by atoms with Crippen LogP contribution in [-0.2, 0) is 11.2 Å². The van der Waals surface area contributed by atoms with Gasteiger partial charge in [-0.05, 0) is 92.5 Å². The summed E-state index contributed by atoms with van der Waals surface area (Å²) in [7, 11) is 0. The van der Waals surface area contributed by atoms with Crippen molar-refractivity contribution in [2.75, 3.05) is 30.3 Å². The highest BCUT2D eigenvalue weighted by atomic mass is 16.2. The highest BCUT2D eigenvalue weighted by Crippen LogP contribution is 2.44. The van der Waals surface area contributed by atoms with Gasteiger partial charge in [0.15, 0.2) is 0 Å². The van der Waals surface area contributed by atoms with Crippen molar-refractivity contribution in [3.05, 3.63) is 59.2 Å². The molecule has 2 aromatic carbocycles. The van der Waals surface area contributed by atoms with Crippen LogP contribution in [-0.4, -0.2) is 36.5 Å². The molecule has 0 aromatic heterocycles. The average Bonchev–Trinajstić information content (AvgIpc) is 3.29. The summed E-state index contributed by atoms with van der Waals surface area (Å²) >= 11 is 0. The van der Waals surface area contributed by atoms with E-state index in [1.165, 1.54) is 24.1 Å². The lowest BCUT2D eigenvalue weighted by Crippen LogP contribution is -2.37. The summed E-state index contributed by atoms with van der Waals surface area (Å²) in [6.07, 6.45) is 8.47. The van der Waals surface area contributed by atoms with Crippen LogP contribution in [0, 0.1) is 29.6 Å². The second kappa shape index (κ2) is 9.70. The summed E-state index contributed by atoms with van der Waals surface area (Å²) in [4.78, 5) is 15.2. The number of carbonyl (C=O) groups excluding carboxylic acids is 1. The largest absolute Gasteiger partial charge is 0.385 e. The molecule has 2 fully saturated rings. The van der Waals surface area contributed by atoms with Crippen molar-refractivity contribution in [3.63, 3.8) is 0 Å². The molecule has 3 aliphatic rings. The van der Waals surface area contributed by atoms with Gasteiger partial charge in [-0.15, -0.1) is 0 Å². The standard InChI is InChI=1S/C29H36N4O/c1-21-6-8-26(17-24(21)18-30)32-25-10-12-29(13-11-25)14-15-33(20-29)28(34)9-7-22-16-23-4-2-3-5-27(23)31-19-22/h2-6,8,17,22,25,31-32H,7,9-16,19-20H2,1H3. The molecule has 34 heavy (non-hydrogen) atoms. The van der Waals surface area contributed by atoms with Crippen molar-refractivity contribution in [1.82, 2.24) is 4.90 Å². The highest BCUT2D eigenvalue weighted by molar-refractivity contribution is 5.76. The van der Waals surface area contributed by atoms with Crippen LogP contribution in [0.15, 0.2) is 42.5 Å². The third-order valence-electron chi connectivity index (χ3n) is 8.44. The number of hydrogen-bond donors (Lipinski definition) is 2. The smallest absolute Gasteiger partial charge is 0.222 e. The molecule has 5 heteroatoms. The first-order valence-electron chi connectivity index (χ1n) is 12.9. The Morgan fingerprint density at radius 2 is 2.03 bits per heavy atom. The van der Waals surface area contributed by atoms with E-state index >= 15 is 0 Å². The second-order valence-electron chi connectivity index (χ2n) is 10.8. The van der Waals surface area contributed by atoms with E-state index in [-0.39, 0.29) is 0 Å². The Morgan fingerprint density at radius 3 is 2.85 bits per heavy atom. The average molecular weight is 457 g/mol. The van der Waals surface area contributed by atoms with Crippen molar-refractivity contribution in [2.45, 2.75) is 64.3 Å². The number of anilines is 2. The number of nitriles is 1. The minimum atomic E-state index is 0.310. The zero-order chi connectivity index (χ0) is 23.5. The van der Waals surface area contributed by atoms with Crippen LogP contribution >= 0.6 is 0 Å². The molecule has 1 aliphatic carbocycles. The maximum atomic E-state index is 13.0. The van der Waals surface area contributed by atoms with Crippen molar-refractivity contribution in [2.24, 2.45) is 11.3 Å². The van der Waals surface area contributed by atoms with E-state index in [0.29, 0.717) is 29.7 Å². The normalized spacial score (nSPS) is 25.9.